The molecule has 0 nitrogen and oxygen atoms in total. The van der Waals surface area contributed by atoms with Gasteiger partial charge in [0, 0.05) is 0 Å². The van der Waals surface area contributed by atoms with Crippen molar-refractivity contribution in [1.82, 2.24) is 0 Å². The topological polar surface area (TPSA) is 0 Å². The van der Waals surface area contributed by atoms with E-state index >= 15 is 0 Å². The zero-order chi connectivity index (χ0) is 23.9. The van der Waals surface area contributed by atoms with Crippen LogP contribution in [0.15, 0.2) is 0 Å². The lowest BCUT2D eigenvalue weighted by Crippen LogP contribution is -2.56. The Morgan fingerprint density at radius 1 is 0.486 bits per heavy atom. The summed E-state index contributed by atoms with van der Waals surface area (Å²) in [7, 11) is 0. The molecular weight excluding hydrogens is 420 g/mol. The van der Waals surface area contributed by atoms with Crippen LogP contribution in [-0.4, -0.2) is 0 Å². The molecule has 0 aromatic rings. The lowest BCUT2D eigenvalue weighted by Gasteiger charge is -2.63. The third kappa shape index (κ3) is 10.7. The van der Waals surface area contributed by atoms with Crippen LogP contribution in [0.1, 0.15) is 185 Å². The van der Waals surface area contributed by atoms with E-state index in [0.717, 1.165) is 46.8 Å². The predicted octanol–water partition coefficient (Wildman–Crippen LogP) is 14.2. The fourth-order valence-electron chi connectivity index (χ4n) is 7.94. The van der Waals surface area contributed by atoms with Gasteiger partial charge in [0.15, 0.2) is 0 Å². The van der Waals surface area contributed by atoms with Gasteiger partial charge in [-0.3, -0.25) is 0 Å². The first kappa shape index (κ1) is 51.6. The molecule has 8 atom stereocenters. The first-order valence-electron chi connectivity index (χ1n) is 14.7. The molecule has 0 aliphatic heterocycles. The molecule has 0 amide bonds. The van der Waals surface area contributed by atoms with Gasteiger partial charge in [-0.2, -0.15) is 0 Å². The summed E-state index contributed by atoms with van der Waals surface area (Å²) in [5.74, 6) is 7.43. The van der Waals surface area contributed by atoms with E-state index in [0.29, 0.717) is 0 Å². The van der Waals surface area contributed by atoms with E-state index in [9.17, 15) is 0 Å². The summed E-state index contributed by atoms with van der Waals surface area (Å²) in [6, 6.07) is 0. The Balaban J connectivity index is -0.0000000944. The number of fused-ring (bicyclic) bond motifs is 1. The molecule has 0 aromatic heterocycles. The van der Waals surface area contributed by atoms with Gasteiger partial charge in [0.2, 0.25) is 0 Å². The van der Waals surface area contributed by atoms with Crippen molar-refractivity contribution in [2.45, 2.75) is 185 Å². The van der Waals surface area contributed by atoms with Gasteiger partial charge in [0.1, 0.15) is 0 Å². The quantitative estimate of drug-likeness (QED) is 0.307. The average Bonchev–Trinajstić information content (AvgIpc) is 3.14. The Labute approximate surface area is 231 Å². The van der Waals surface area contributed by atoms with Gasteiger partial charge in [-0.25, -0.2) is 0 Å². The van der Waals surface area contributed by atoms with Crippen molar-refractivity contribution >= 4 is 0 Å². The summed E-state index contributed by atoms with van der Waals surface area (Å²) in [6.45, 7) is 27.8. The Hall–Kier alpha value is 0. The van der Waals surface area contributed by atoms with Crippen molar-refractivity contribution in [3.05, 3.63) is 0 Å². The highest BCUT2D eigenvalue weighted by Gasteiger charge is 2.62. The van der Waals surface area contributed by atoms with E-state index in [2.05, 4.69) is 20.8 Å². The maximum atomic E-state index is 2.65. The predicted molar refractivity (Wildman–Crippen MR) is 176 cm³/mol. The summed E-state index contributed by atoms with van der Waals surface area (Å²) >= 11 is 0. The Morgan fingerprint density at radius 3 is 1.29 bits per heavy atom. The van der Waals surface area contributed by atoms with Gasteiger partial charge in [-0.05, 0) is 85.4 Å². The minimum absolute atomic E-state index is 0. The highest BCUT2D eigenvalue weighted by molar-refractivity contribution is 5.10. The van der Waals surface area contributed by atoms with Crippen LogP contribution in [0, 0.1) is 46.8 Å². The fourth-order valence-corrected chi connectivity index (χ4v) is 7.94. The van der Waals surface area contributed by atoms with Crippen LogP contribution < -0.4 is 0 Å². The van der Waals surface area contributed by atoms with Crippen molar-refractivity contribution in [2.75, 3.05) is 0 Å². The monoisotopic (exact) mass is 505 g/mol. The molecule has 1 spiro atoms. The van der Waals surface area contributed by atoms with Crippen LogP contribution in [-0.2, 0) is 0 Å². The summed E-state index contributed by atoms with van der Waals surface area (Å²) in [6.07, 6.45) is 14.1. The van der Waals surface area contributed by atoms with Crippen LogP contribution in [0.3, 0.4) is 0 Å². The van der Waals surface area contributed by atoms with Crippen LogP contribution in [0.25, 0.3) is 0 Å². The summed E-state index contributed by atoms with van der Waals surface area (Å²) in [5, 5.41) is 0. The summed E-state index contributed by atoms with van der Waals surface area (Å²) in [5.41, 5.74) is 0.790. The van der Waals surface area contributed by atoms with Crippen molar-refractivity contribution < 1.29 is 0 Å². The summed E-state index contributed by atoms with van der Waals surface area (Å²) < 4.78 is 0. The van der Waals surface area contributed by atoms with E-state index in [1.807, 2.05) is 69.2 Å². The minimum atomic E-state index is 0. The Morgan fingerprint density at radius 2 is 0.857 bits per heavy atom. The normalized spacial score (nSPS) is 34.4. The smallest absolute Gasteiger partial charge is 0.0184 e. The van der Waals surface area contributed by atoms with Gasteiger partial charge in [-0.15, -0.1) is 0 Å². The molecule has 0 saturated heterocycles. The second-order valence-corrected chi connectivity index (χ2v) is 9.08. The summed E-state index contributed by atoms with van der Waals surface area (Å²) in [4.78, 5) is 0. The van der Waals surface area contributed by atoms with Crippen LogP contribution in [0.4, 0.5) is 0 Å². The van der Waals surface area contributed by atoms with Gasteiger partial charge in [0.05, 0.1) is 0 Å². The largest absolute Gasteiger partial charge is 0.0776 e. The van der Waals surface area contributed by atoms with Gasteiger partial charge >= 0.3 is 0 Å². The first-order chi connectivity index (χ1) is 14.7. The van der Waals surface area contributed by atoms with Gasteiger partial charge in [0.25, 0.3) is 0 Å². The second-order valence-electron chi connectivity index (χ2n) is 9.08. The molecular formula is C35H84. The van der Waals surface area contributed by atoms with Crippen LogP contribution in [0.5, 0.6) is 0 Å². The molecule has 0 aromatic carbocycles. The molecule has 4 aliphatic rings. The van der Waals surface area contributed by atoms with Crippen LogP contribution >= 0.6 is 0 Å². The minimum Gasteiger partial charge on any atom is -0.0776 e. The highest BCUT2D eigenvalue weighted by atomic mass is 14.7. The lowest BCUT2D eigenvalue weighted by atomic mass is 9.41. The van der Waals surface area contributed by atoms with Crippen LogP contribution in [0.2, 0.25) is 0 Å². The standard InChI is InChI=1S/C20H34.5C2H6.5CH4/c1-13-12-19-18(15(13)3)11-10-17-9-5-8-16-7-4-6-14(2)20(16,17)19;5*1-2;;;;;/h13-19H,4-12H2,1-3H3;5*1-2H3;5*1H4/t13-,14-,15-,16-,17-,18-,19+,20?;;;;;;;;;;/m1........../s1. The molecule has 4 aliphatic carbocycles. The zero-order valence-electron chi connectivity index (χ0n) is 23.9. The molecule has 35 heavy (non-hydrogen) atoms. The average molecular weight is 505 g/mol. The highest BCUT2D eigenvalue weighted by Crippen LogP contribution is 2.69. The van der Waals surface area contributed by atoms with Gasteiger partial charge in [-0.1, -0.05) is 146 Å². The molecule has 4 saturated carbocycles. The molecule has 4 fully saturated rings. The molecule has 0 heteroatoms. The van der Waals surface area contributed by atoms with E-state index in [4.69, 9.17) is 0 Å². The molecule has 224 valence electrons. The van der Waals surface area contributed by atoms with Gasteiger partial charge < -0.3 is 0 Å². The number of hydrogen-bond donors (Lipinski definition) is 0. The van der Waals surface area contributed by atoms with E-state index in [1.165, 1.54) is 6.42 Å². The molecule has 4 rings (SSSR count). The maximum Gasteiger partial charge on any atom is -0.0184 e. The molecule has 0 radical (unpaired) electrons. The SMILES string of the molecule is C.C.C.C.C.CC.CC.CC.CC.CC.C[C@H]1[C@H]2CC[C@H]3CCC[C@H]4CCC[C@@H](C)C43[C@H]2C[C@H]1C. The third-order valence-corrected chi connectivity index (χ3v) is 8.77. The maximum absolute atomic E-state index is 2.65. The fraction of sp³-hybridized carbons (Fsp3) is 1.00. The number of hydrogen-bond acceptors (Lipinski definition) is 0. The second kappa shape index (κ2) is 28.6. The van der Waals surface area contributed by atoms with Crippen molar-refractivity contribution in [1.29, 1.82) is 0 Å². The molecule has 0 N–H and O–H groups in total. The number of rotatable bonds is 0. The van der Waals surface area contributed by atoms with Crippen molar-refractivity contribution in [3.63, 3.8) is 0 Å². The lowest BCUT2D eigenvalue weighted by molar-refractivity contribution is -0.146. The third-order valence-electron chi connectivity index (χ3n) is 8.77. The first-order valence-corrected chi connectivity index (χ1v) is 14.7. The Bertz CT molecular complexity index is 361. The van der Waals surface area contributed by atoms with Crippen molar-refractivity contribution in [3.8, 4) is 0 Å². The van der Waals surface area contributed by atoms with E-state index in [-0.39, 0.29) is 37.1 Å². The molecule has 0 bridgehead atoms. The zero-order valence-corrected chi connectivity index (χ0v) is 23.9. The van der Waals surface area contributed by atoms with E-state index in [1.54, 1.807) is 51.4 Å². The Kier molecular flexibility index (Phi) is 42.1. The van der Waals surface area contributed by atoms with Crippen molar-refractivity contribution in [2.24, 2.45) is 46.8 Å². The molecule has 1 unspecified atom stereocenters. The van der Waals surface area contributed by atoms with E-state index < -0.39 is 0 Å². The molecule has 0 heterocycles.